The molecular formula is C18H13ClN2. The lowest BCUT2D eigenvalue weighted by Crippen LogP contribution is -2.01. The summed E-state index contributed by atoms with van der Waals surface area (Å²) in [6.45, 7) is 0.663. The number of nitriles is 1. The predicted octanol–water partition coefficient (Wildman–Crippen LogP) is 4.98. The lowest BCUT2D eigenvalue weighted by molar-refractivity contribution is 1.17. The maximum Gasteiger partial charge on any atom is 0.0992 e. The first-order valence-electron chi connectivity index (χ1n) is 6.68. The van der Waals surface area contributed by atoms with Gasteiger partial charge in [-0.1, -0.05) is 54.1 Å². The molecule has 3 heteroatoms. The fraction of sp³-hybridized carbons (Fsp3) is 0.0556. The van der Waals surface area contributed by atoms with E-state index in [1.165, 1.54) is 16.3 Å². The van der Waals surface area contributed by atoms with Gasteiger partial charge < -0.3 is 5.32 Å². The van der Waals surface area contributed by atoms with Crippen LogP contribution in [-0.2, 0) is 6.54 Å². The van der Waals surface area contributed by atoms with Crippen LogP contribution in [0.3, 0.4) is 0 Å². The summed E-state index contributed by atoms with van der Waals surface area (Å²) < 4.78 is 0. The van der Waals surface area contributed by atoms with Crippen LogP contribution in [0.5, 0.6) is 0 Å². The van der Waals surface area contributed by atoms with Crippen molar-refractivity contribution in [2.75, 3.05) is 5.32 Å². The first kappa shape index (κ1) is 13.5. The number of anilines is 1. The van der Waals surface area contributed by atoms with Crippen molar-refractivity contribution in [2.24, 2.45) is 0 Å². The summed E-state index contributed by atoms with van der Waals surface area (Å²) in [5.74, 6) is 0. The average molecular weight is 293 g/mol. The van der Waals surface area contributed by atoms with Crippen LogP contribution < -0.4 is 5.32 Å². The van der Waals surface area contributed by atoms with Crippen LogP contribution in [-0.4, -0.2) is 0 Å². The molecule has 3 aromatic rings. The van der Waals surface area contributed by atoms with E-state index in [1.807, 2.05) is 18.2 Å². The average Bonchev–Trinajstić information content (AvgIpc) is 2.54. The van der Waals surface area contributed by atoms with Gasteiger partial charge in [0, 0.05) is 6.54 Å². The second kappa shape index (κ2) is 5.87. The summed E-state index contributed by atoms with van der Waals surface area (Å²) in [7, 11) is 0. The van der Waals surface area contributed by atoms with Gasteiger partial charge in [0.25, 0.3) is 0 Å². The minimum absolute atomic E-state index is 0.597. The van der Waals surface area contributed by atoms with Gasteiger partial charge in [0.15, 0.2) is 0 Å². The predicted molar refractivity (Wildman–Crippen MR) is 87.4 cm³/mol. The lowest BCUT2D eigenvalue weighted by atomic mass is 10.0. The van der Waals surface area contributed by atoms with Crippen molar-refractivity contribution in [1.29, 1.82) is 5.26 Å². The molecule has 0 radical (unpaired) electrons. The highest BCUT2D eigenvalue weighted by molar-refractivity contribution is 6.33. The van der Waals surface area contributed by atoms with Crippen molar-refractivity contribution < 1.29 is 0 Å². The monoisotopic (exact) mass is 292 g/mol. The third-order valence-electron chi connectivity index (χ3n) is 3.44. The van der Waals surface area contributed by atoms with Crippen molar-refractivity contribution in [3.8, 4) is 6.07 Å². The Kier molecular flexibility index (Phi) is 3.77. The van der Waals surface area contributed by atoms with Crippen LogP contribution in [0.2, 0.25) is 5.02 Å². The molecule has 2 nitrogen and oxygen atoms in total. The van der Waals surface area contributed by atoms with Crippen LogP contribution >= 0.6 is 11.6 Å². The Morgan fingerprint density at radius 1 is 1.00 bits per heavy atom. The number of benzene rings is 3. The van der Waals surface area contributed by atoms with Crippen LogP contribution in [0.1, 0.15) is 11.1 Å². The molecule has 0 spiro atoms. The molecule has 0 bridgehead atoms. The molecule has 0 fully saturated rings. The Morgan fingerprint density at radius 2 is 1.81 bits per heavy atom. The highest BCUT2D eigenvalue weighted by Crippen LogP contribution is 2.25. The zero-order valence-corrected chi connectivity index (χ0v) is 12.1. The van der Waals surface area contributed by atoms with Crippen molar-refractivity contribution in [2.45, 2.75) is 6.54 Å². The zero-order valence-electron chi connectivity index (χ0n) is 11.3. The number of hydrogen-bond donors (Lipinski definition) is 1. The number of fused-ring (bicyclic) bond motifs is 1. The molecule has 21 heavy (non-hydrogen) atoms. The number of halogens is 1. The van der Waals surface area contributed by atoms with Gasteiger partial charge in [0.1, 0.15) is 0 Å². The summed E-state index contributed by atoms with van der Waals surface area (Å²) in [6, 6.07) is 21.9. The maximum atomic E-state index is 8.96. The molecule has 3 rings (SSSR count). The number of nitrogens with zero attached hydrogens (tertiary/aromatic N) is 1. The van der Waals surface area contributed by atoms with Crippen LogP contribution in [0.4, 0.5) is 5.69 Å². The summed E-state index contributed by atoms with van der Waals surface area (Å²) in [4.78, 5) is 0. The van der Waals surface area contributed by atoms with Gasteiger partial charge in [-0.25, -0.2) is 0 Å². The molecule has 0 atom stereocenters. The van der Waals surface area contributed by atoms with E-state index in [-0.39, 0.29) is 0 Å². The van der Waals surface area contributed by atoms with E-state index >= 15 is 0 Å². The van der Waals surface area contributed by atoms with E-state index in [1.54, 1.807) is 18.2 Å². The fourth-order valence-electron chi connectivity index (χ4n) is 2.37. The second-order valence-corrected chi connectivity index (χ2v) is 5.21. The Balaban J connectivity index is 1.89. The van der Waals surface area contributed by atoms with Gasteiger partial charge in [0.05, 0.1) is 22.3 Å². The Hall–Kier alpha value is -2.50. The molecule has 0 heterocycles. The minimum Gasteiger partial charge on any atom is -0.380 e. The smallest absolute Gasteiger partial charge is 0.0992 e. The number of rotatable bonds is 3. The zero-order chi connectivity index (χ0) is 14.7. The Morgan fingerprint density at radius 3 is 2.67 bits per heavy atom. The molecule has 3 aromatic carbocycles. The molecule has 0 aliphatic rings. The topological polar surface area (TPSA) is 35.8 Å². The normalized spacial score (nSPS) is 10.3. The van der Waals surface area contributed by atoms with Gasteiger partial charge >= 0.3 is 0 Å². The van der Waals surface area contributed by atoms with Crippen molar-refractivity contribution in [3.05, 3.63) is 76.8 Å². The fourth-order valence-corrected chi connectivity index (χ4v) is 2.55. The summed E-state index contributed by atoms with van der Waals surface area (Å²) in [6.07, 6.45) is 0. The highest BCUT2D eigenvalue weighted by Gasteiger charge is 2.04. The second-order valence-electron chi connectivity index (χ2n) is 4.80. The third-order valence-corrected chi connectivity index (χ3v) is 3.77. The molecule has 0 aromatic heterocycles. The first-order chi connectivity index (χ1) is 10.3. The quantitative estimate of drug-likeness (QED) is 0.739. The summed E-state index contributed by atoms with van der Waals surface area (Å²) >= 11 is 6.17. The Bertz CT molecular complexity index is 829. The van der Waals surface area contributed by atoms with Crippen molar-refractivity contribution >= 4 is 28.1 Å². The lowest BCUT2D eigenvalue weighted by Gasteiger charge is -2.11. The van der Waals surface area contributed by atoms with Gasteiger partial charge in [-0.05, 0) is 34.5 Å². The van der Waals surface area contributed by atoms with E-state index in [0.29, 0.717) is 17.1 Å². The van der Waals surface area contributed by atoms with Gasteiger partial charge in [0.2, 0.25) is 0 Å². The van der Waals surface area contributed by atoms with Gasteiger partial charge in [-0.3, -0.25) is 0 Å². The standard InChI is InChI=1S/C18H13ClN2/c19-17-9-8-13(11-20)10-18(17)21-12-15-6-3-5-14-4-1-2-7-16(14)15/h1-10,21H,12H2. The third kappa shape index (κ3) is 2.84. The van der Waals surface area contributed by atoms with Crippen LogP contribution in [0.15, 0.2) is 60.7 Å². The SMILES string of the molecule is N#Cc1ccc(Cl)c(NCc2cccc3ccccc23)c1. The largest absolute Gasteiger partial charge is 0.380 e. The van der Waals surface area contributed by atoms with E-state index in [4.69, 9.17) is 16.9 Å². The van der Waals surface area contributed by atoms with Gasteiger partial charge in [-0.2, -0.15) is 5.26 Å². The first-order valence-corrected chi connectivity index (χ1v) is 7.06. The van der Waals surface area contributed by atoms with E-state index in [0.717, 1.165) is 5.69 Å². The molecule has 0 amide bonds. The van der Waals surface area contributed by atoms with Crippen LogP contribution in [0, 0.1) is 11.3 Å². The number of nitrogens with one attached hydrogen (secondary N) is 1. The van der Waals surface area contributed by atoms with Crippen molar-refractivity contribution in [3.63, 3.8) is 0 Å². The van der Waals surface area contributed by atoms with E-state index < -0.39 is 0 Å². The molecule has 0 saturated carbocycles. The molecule has 0 aliphatic heterocycles. The van der Waals surface area contributed by atoms with Crippen molar-refractivity contribution in [1.82, 2.24) is 0 Å². The summed E-state index contributed by atoms with van der Waals surface area (Å²) in [5.41, 5.74) is 2.58. The summed E-state index contributed by atoms with van der Waals surface area (Å²) in [5, 5.41) is 15.3. The van der Waals surface area contributed by atoms with Crippen LogP contribution in [0.25, 0.3) is 10.8 Å². The van der Waals surface area contributed by atoms with E-state index in [9.17, 15) is 0 Å². The molecule has 102 valence electrons. The maximum absolute atomic E-state index is 8.96. The molecule has 0 unspecified atom stereocenters. The molecule has 0 aliphatic carbocycles. The highest BCUT2D eigenvalue weighted by atomic mass is 35.5. The molecule has 0 saturated heterocycles. The molecule has 1 N–H and O–H groups in total. The Labute approximate surface area is 128 Å². The number of hydrogen-bond acceptors (Lipinski definition) is 2. The molecular weight excluding hydrogens is 280 g/mol. The minimum atomic E-state index is 0.597. The van der Waals surface area contributed by atoms with Gasteiger partial charge in [-0.15, -0.1) is 0 Å². The van der Waals surface area contributed by atoms with E-state index in [2.05, 4.69) is 35.7 Å².